The van der Waals surface area contributed by atoms with Crippen LogP contribution < -0.4 is 5.32 Å². The third-order valence-corrected chi connectivity index (χ3v) is 5.60. The SMILES string of the molecule is CCc1ccc(C2CNCC3(CCCCC3)O2)s1. The Kier molecular flexibility index (Phi) is 3.73. The number of morpholine rings is 1. The van der Waals surface area contributed by atoms with Crippen LogP contribution >= 0.6 is 11.3 Å². The van der Waals surface area contributed by atoms with E-state index in [1.807, 2.05) is 11.3 Å². The molecule has 100 valence electrons. The van der Waals surface area contributed by atoms with Crippen molar-refractivity contribution in [1.82, 2.24) is 5.32 Å². The Balaban J connectivity index is 1.73. The van der Waals surface area contributed by atoms with E-state index in [0.717, 1.165) is 19.5 Å². The molecule has 2 heterocycles. The minimum absolute atomic E-state index is 0.136. The van der Waals surface area contributed by atoms with Gasteiger partial charge in [-0.3, -0.25) is 0 Å². The average molecular weight is 265 g/mol. The number of nitrogens with one attached hydrogen (secondary N) is 1. The first kappa shape index (κ1) is 12.6. The van der Waals surface area contributed by atoms with Crippen LogP contribution in [0.3, 0.4) is 0 Å². The fourth-order valence-electron chi connectivity index (χ4n) is 3.22. The van der Waals surface area contributed by atoms with Crippen molar-refractivity contribution in [2.75, 3.05) is 13.1 Å². The molecule has 1 unspecified atom stereocenters. The van der Waals surface area contributed by atoms with Crippen LogP contribution in [0.25, 0.3) is 0 Å². The monoisotopic (exact) mass is 265 g/mol. The average Bonchev–Trinajstić information content (AvgIpc) is 2.88. The van der Waals surface area contributed by atoms with Gasteiger partial charge in [-0.15, -0.1) is 11.3 Å². The summed E-state index contributed by atoms with van der Waals surface area (Å²) in [7, 11) is 0. The maximum absolute atomic E-state index is 6.51. The van der Waals surface area contributed by atoms with Gasteiger partial charge in [-0.05, 0) is 31.4 Å². The summed E-state index contributed by atoms with van der Waals surface area (Å²) in [5.74, 6) is 0. The Morgan fingerprint density at radius 1 is 1.33 bits per heavy atom. The summed E-state index contributed by atoms with van der Waals surface area (Å²) < 4.78 is 6.51. The van der Waals surface area contributed by atoms with Crippen LogP contribution in [0.5, 0.6) is 0 Å². The molecule has 0 bridgehead atoms. The summed E-state index contributed by atoms with van der Waals surface area (Å²) in [6.07, 6.45) is 7.94. The Bertz CT molecular complexity index is 389. The molecule has 3 rings (SSSR count). The van der Waals surface area contributed by atoms with Crippen LogP contribution in [0, 0.1) is 0 Å². The first-order valence-corrected chi connectivity index (χ1v) is 8.10. The van der Waals surface area contributed by atoms with Gasteiger partial charge >= 0.3 is 0 Å². The Hall–Kier alpha value is -0.380. The largest absolute Gasteiger partial charge is 0.364 e. The topological polar surface area (TPSA) is 21.3 Å². The van der Waals surface area contributed by atoms with Gasteiger partial charge in [0.25, 0.3) is 0 Å². The lowest BCUT2D eigenvalue weighted by molar-refractivity contribution is -0.134. The first-order chi connectivity index (χ1) is 8.81. The minimum atomic E-state index is 0.136. The molecular weight excluding hydrogens is 242 g/mol. The molecule has 1 spiro atoms. The van der Waals surface area contributed by atoms with E-state index in [2.05, 4.69) is 24.4 Å². The van der Waals surface area contributed by atoms with Crippen molar-refractivity contribution in [3.05, 3.63) is 21.9 Å². The van der Waals surface area contributed by atoms with Gasteiger partial charge in [-0.25, -0.2) is 0 Å². The van der Waals surface area contributed by atoms with Crippen LogP contribution in [-0.2, 0) is 11.2 Å². The molecule has 0 aromatic carbocycles. The molecule has 2 nitrogen and oxygen atoms in total. The fourth-order valence-corrected chi connectivity index (χ4v) is 4.21. The maximum Gasteiger partial charge on any atom is 0.105 e. The zero-order valence-corrected chi connectivity index (χ0v) is 12.0. The quantitative estimate of drug-likeness (QED) is 0.881. The lowest BCUT2D eigenvalue weighted by atomic mass is 9.83. The third kappa shape index (κ3) is 2.49. The van der Waals surface area contributed by atoms with E-state index in [4.69, 9.17) is 4.74 Å². The minimum Gasteiger partial charge on any atom is -0.364 e. The first-order valence-electron chi connectivity index (χ1n) is 7.28. The van der Waals surface area contributed by atoms with Gasteiger partial charge in [0.2, 0.25) is 0 Å². The van der Waals surface area contributed by atoms with Gasteiger partial charge in [0.15, 0.2) is 0 Å². The molecule has 1 aromatic heterocycles. The number of hydrogen-bond acceptors (Lipinski definition) is 3. The summed E-state index contributed by atoms with van der Waals surface area (Å²) in [5.41, 5.74) is 0.136. The molecule has 1 N–H and O–H groups in total. The van der Waals surface area contributed by atoms with Crippen molar-refractivity contribution >= 4 is 11.3 Å². The molecule has 0 amide bonds. The lowest BCUT2D eigenvalue weighted by Crippen LogP contribution is -2.51. The third-order valence-electron chi connectivity index (χ3n) is 4.28. The highest BCUT2D eigenvalue weighted by atomic mass is 32.1. The van der Waals surface area contributed by atoms with Crippen LogP contribution in [0.1, 0.15) is 54.9 Å². The van der Waals surface area contributed by atoms with Crippen LogP contribution in [-0.4, -0.2) is 18.7 Å². The van der Waals surface area contributed by atoms with E-state index >= 15 is 0 Å². The van der Waals surface area contributed by atoms with Crippen molar-refractivity contribution < 1.29 is 4.74 Å². The van der Waals surface area contributed by atoms with E-state index in [9.17, 15) is 0 Å². The van der Waals surface area contributed by atoms with Gasteiger partial charge in [0.1, 0.15) is 6.10 Å². The standard InChI is InChI=1S/C15H23NOS/c1-2-12-6-7-14(18-12)13-10-16-11-15(17-13)8-4-3-5-9-15/h6-7,13,16H,2-5,8-11H2,1H3. The fraction of sp³-hybridized carbons (Fsp3) is 0.733. The van der Waals surface area contributed by atoms with Crippen molar-refractivity contribution in [3.8, 4) is 0 Å². The van der Waals surface area contributed by atoms with Crippen LogP contribution in [0.2, 0.25) is 0 Å². The van der Waals surface area contributed by atoms with Crippen molar-refractivity contribution in [1.29, 1.82) is 0 Å². The van der Waals surface area contributed by atoms with E-state index in [1.54, 1.807) is 0 Å². The molecule has 1 aliphatic heterocycles. The van der Waals surface area contributed by atoms with Crippen molar-refractivity contribution in [2.45, 2.75) is 57.2 Å². The van der Waals surface area contributed by atoms with Gasteiger partial charge in [-0.1, -0.05) is 26.2 Å². The van der Waals surface area contributed by atoms with Crippen LogP contribution in [0.15, 0.2) is 12.1 Å². The molecule has 3 heteroatoms. The summed E-state index contributed by atoms with van der Waals surface area (Å²) >= 11 is 1.92. The zero-order chi connectivity index (χ0) is 12.4. The summed E-state index contributed by atoms with van der Waals surface area (Å²) in [5, 5.41) is 3.60. The molecule has 18 heavy (non-hydrogen) atoms. The summed E-state index contributed by atoms with van der Waals surface area (Å²) in [6.45, 7) is 4.25. The second-order valence-corrected chi connectivity index (χ2v) is 6.84. The predicted molar refractivity (Wildman–Crippen MR) is 76.2 cm³/mol. The summed E-state index contributed by atoms with van der Waals surface area (Å²) in [4.78, 5) is 2.88. The normalized spacial score (nSPS) is 27.5. The number of aryl methyl sites for hydroxylation is 1. The highest BCUT2D eigenvalue weighted by Crippen LogP contribution is 2.39. The molecule has 1 saturated heterocycles. The number of thiophene rings is 1. The van der Waals surface area contributed by atoms with Gasteiger partial charge in [-0.2, -0.15) is 0 Å². The Morgan fingerprint density at radius 2 is 2.17 bits per heavy atom. The molecule has 0 radical (unpaired) electrons. The zero-order valence-electron chi connectivity index (χ0n) is 11.2. The number of hydrogen-bond donors (Lipinski definition) is 1. The maximum atomic E-state index is 6.51. The molecule has 1 aliphatic carbocycles. The molecule has 2 aliphatic rings. The predicted octanol–water partition coefficient (Wildman–Crippen LogP) is 3.67. The highest BCUT2D eigenvalue weighted by Gasteiger charge is 2.38. The molecular formula is C15H23NOS. The number of rotatable bonds is 2. The van der Waals surface area contributed by atoms with Crippen LogP contribution in [0.4, 0.5) is 0 Å². The van der Waals surface area contributed by atoms with Gasteiger partial charge < -0.3 is 10.1 Å². The van der Waals surface area contributed by atoms with Crippen molar-refractivity contribution in [2.24, 2.45) is 0 Å². The lowest BCUT2D eigenvalue weighted by Gasteiger charge is -2.44. The second-order valence-electron chi connectivity index (χ2n) is 5.64. The summed E-state index contributed by atoms with van der Waals surface area (Å²) in [6, 6.07) is 4.52. The smallest absolute Gasteiger partial charge is 0.105 e. The van der Waals surface area contributed by atoms with Gasteiger partial charge in [0.05, 0.1) is 5.60 Å². The second kappa shape index (κ2) is 5.32. The Labute approximate surface area is 114 Å². The molecule has 1 saturated carbocycles. The molecule has 2 fully saturated rings. The molecule has 1 atom stereocenters. The van der Waals surface area contributed by atoms with E-state index < -0.39 is 0 Å². The van der Waals surface area contributed by atoms with Gasteiger partial charge in [0, 0.05) is 22.8 Å². The van der Waals surface area contributed by atoms with Crippen molar-refractivity contribution in [3.63, 3.8) is 0 Å². The van der Waals surface area contributed by atoms with E-state index in [0.29, 0.717) is 0 Å². The van der Waals surface area contributed by atoms with E-state index in [1.165, 1.54) is 41.9 Å². The number of ether oxygens (including phenoxy) is 1. The highest BCUT2D eigenvalue weighted by molar-refractivity contribution is 7.12. The molecule has 1 aromatic rings. The Morgan fingerprint density at radius 3 is 2.89 bits per heavy atom. The van der Waals surface area contributed by atoms with E-state index in [-0.39, 0.29) is 11.7 Å².